The van der Waals surface area contributed by atoms with Crippen molar-refractivity contribution >= 4 is 69.6 Å². The minimum Gasteiger partial charge on any atom is -0.364 e. The molecule has 0 aliphatic heterocycles. The van der Waals surface area contributed by atoms with Crippen molar-refractivity contribution in [3.05, 3.63) is 62.3 Å². The maximum absolute atomic E-state index is 13.9. The van der Waals surface area contributed by atoms with Gasteiger partial charge in [0.25, 0.3) is 0 Å². The van der Waals surface area contributed by atoms with Crippen LogP contribution in [0.3, 0.4) is 0 Å². The second-order valence-corrected chi connectivity index (χ2v) is 8.75. The summed E-state index contributed by atoms with van der Waals surface area (Å²) < 4.78 is 12.5. The first kappa shape index (κ1) is 20.9. The van der Waals surface area contributed by atoms with Crippen LogP contribution in [0.5, 0.6) is 0 Å². The number of carbonyl (C=O) groups excluding carboxylic acids is 1. The van der Waals surface area contributed by atoms with E-state index >= 15 is 0 Å². The number of benzene rings is 2. The van der Waals surface area contributed by atoms with Crippen LogP contribution in [0, 0.1) is 11.7 Å². The van der Waals surface area contributed by atoms with Crippen molar-refractivity contribution < 1.29 is 19.4 Å². The van der Waals surface area contributed by atoms with E-state index < -0.39 is 39.2 Å². The third kappa shape index (κ3) is 4.15. The van der Waals surface area contributed by atoms with Crippen LogP contribution in [0.2, 0.25) is 15.1 Å². The van der Waals surface area contributed by atoms with Gasteiger partial charge < -0.3 is 15.5 Å². The summed E-state index contributed by atoms with van der Waals surface area (Å²) in [6, 6.07) is 6.84. The fourth-order valence-corrected chi connectivity index (χ4v) is 4.49. The van der Waals surface area contributed by atoms with Gasteiger partial charge in [-0.1, -0.05) is 34.8 Å². The number of rotatable bonds is 4. The van der Waals surface area contributed by atoms with Gasteiger partial charge in [-0.25, -0.2) is 4.39 Å². The van der Waals surface area contributed by atoms with E-state index in [9.17, 15) is 19.4 Å². The van der Waals surface area contributed by atoms with Gasteiger partial charge in [0.15, 0.2) is 6.29 Å². The number of aliphatic hydroxyl groups is 2. The molecule has 3 rings (SSSR count). The lowest BCUT2D eigenvalue weighted by Gasteiger charge is -2.11. The molecule has 2 unspecified atom stereocenters. The smallest absolute Gasteiger partial charge is 0.231 e. The zero-order valence-electron chi connectivity index (χ0n) is 13.2. The molecule has 2 aromatic rings. The molecular weight excluding hydrogens is 462 g/mol. The molecule has 144 valence electrons. The van der Waals surface area contributed by atoms with Gasteiger partial charge in [0.05, 0.1) is 10.9 Å². The van der Waals surface area contributed by atoms with Crippen LogP contribution in [0.25, 0.3) is 0 Å². The number of nitrogens with one attached hydrogen (secondary N) is 1. The lowest BCUT2D eigenvalue weighted by atomic mass is 10.1. The molecule has 4 nitrogen and oxygen atoms in total. The maximum atomic E-state index is 13.9. The summed E-state index contributed by atoms with van der Waals surface area (Å²) >= 11 is 30.1. The fraction of sp³-hybridized carbons (Fsp3) is 0.235. The van der Waals surface area contributed by atoms with Gasteiger partial charge in [0.1, 0.15) is 10.2 Å². The Hall–Kier alpha value is -0.790. The molecule has 1 aliphatic carbocycles. The summed E-state index contributed by atoms with van der Waals surface area (Å²) in [6.45, 7) is 0. The molecule has 0 saturated heterocycles. The summed E-state index contributed by atoms with van der Waals surface area (Å²) in [7, 11) is 0. The third-order valence-electron chi connectivity index (χ3n) is 4.18. The monoisotopic (exact) mass is 471 g/mol. The molecule has 1 aliphatic rings. The molecule has 2 aromatic carbocycles. The normalized spacial score (nSPS) is 20.6. The van der Waals surface area contributed by atoms with Gasteiger partial charge in [-0.05, 0) is 35.9 Å². The standard InChI is InChI=1S/C17H11Cl5FNO3/c18-7-1-6(2-8(19)3-7)12-13(17(12,21)22)15(25)24-9-4-10(16(26)27)14(20)11(23)5-9/h1-5,12-13,16,26-27H,(H,24,25). The van der Waals surface area contributed by atoms with Crippen LogP contribution in [0.4, 0.5) is 10.1 Å². The predicted molar refractivity (Wildman–Crippen MR) is 104 cm³/mol. The van der Waals surface area contributed by atoms with Crippen LogP contribution in [-0.4, -0.2) is 20.5 Å². The topological polar surface area (TPSA) is 69.6 Å². The number of carbonyl (C=O) groups is 1. The fourth-order valence-electron chi connectivity index (χ4n) is 2.91. The average Bonchev–Trinajstić information content (AvgIpc) is 3.12. The molecule has 0 heterocycles. The SMILES string of the molecule is O=C(Nc1cc(F)c(Cl)c(C(O)O)c1)C1C(c2cc(Cl)cc(Cl)c2)C1(Cl)Cl. The van der Waals surface area contributed by atoms with Crippen molar-refractivity contribution in [2.24, 2.45) is 5.92 Å². The number of amides is 1. The summed E-state index contributed by atoms with van der Waals surface area (Å²) in [6.07, 6.45) is -2.01. The van der Waals surface area contributed by atoms with E-state index in [2.05, 4.69) is 5.32 Å². The third-order valence-corrected chi connectivity index (χ3v) is 5.96. The van der Waals surface area contributed by atoms with Crippen molar-refractivity contribution in [1.29, 1.82) is 0 Å². The summed E-state index contributed by atoms with van der Waals surface area (Å²) in [4.78, 5) is 12.6. The number of aliphatic hydroxyl groups excluding tert-OH is 1. The quantitative estimate of drug-likeness (QED) is 0.417. The highest BCUT2D eigenvalue weighted by Crippen LogP contribution is 2.65. The molecular formula is C17H11Cl5FNO3. The van der Waals surface area contributed by atoms with Crippen molar-refractivity contribution in [2.75, 3.05) is 5.32 Å². The molecule has 10 heteroatoms. The van der Waals surface area contributed by atoms with Gasteiger partial charge in [-0.15, -0.1) is 23.2 Å². The number of anilines is 1. The molecule has 0 bridgehead atoms. The van der Waals surface area contributed by atoms with Crippen LogP contribution in [0.1, 0.15) is 23.3 Å². The van der Waals surface area contributed by atoms with Gasteiger partial charge in [-0.3, -0.25) is 4.79 Å². The Labute approximate surface area is 178 Å². The lowest BCUT2D eigenvalue weighted by Crippen LogP contribution is -2.17. The molecule has 1 amide bonds. The van der Waals surface area contributed by atoms with E-state index in [1.54, 1.807) is 12.1 Å². The largest absolute Gasteiger partial charge is 0.364 e. The number of alkyl halides is 2. The molecule has 1 saturated carbocycles. The van der Waals surface area contributed by atoms with Gasteiger partial charge in [0.2, 0.25) is 5.91 Å². The van der Waals surface area contributed by atoms with Crippen LogP contribution < -0.4 is 5.32 Å². The summed E-state index contributed by atoms with van der Waals surface area (Å²) in [5, 5.41) is 21.3. The Morgan fingerprint density at radius 3 is 2.22 bits per heavy atom. The molecule has 2 atom stereocenters. The Balaban J connectivity index is 1.85. The van der Waals surface area contributed by atoms with E-state index in [4.69, 9.17) is 58.0 Å². The van der Waals surface area contributed by atoms with Gasteiger partial charge in [-0.2, -0.15) is 0 Å². The second kappa shape index (κ2) is 7.56. The molecule has 27 heavy (non-hydrogen) atoms. The van der Waals surface area contributed by atoms with E-state index in [0.29, 0.717) is 15.6 Å². The van der Waals surface area contributed by atoms with E-state index in [1.807, 2.05) is 0 Å². The van der Waals surface area contributed by atoms with Gasteiger partial charge >= 0.3 is 0 Å². The van der Waals surface area contributed by atoms with Crippen molar-refractivity contribution in [3.8, 4) is 0 Å². The summed E-state index contributed by atoms with van der Waals surface area (Å²) in [5.74, 6) is -2.93. The predicted octanol–water partition coefficient (Wildman–Crippen LogP) is 5.30. The molecule has 0 aromatic heterocycles. The molecule has 0 spiro atoms. The van der Waals surface area contributed by atoms with Crippen molar-refractivity contribution in [1.82, 2.24) is 0 Å². The van der Waals surface area contributed by atoms with E-state index in [-0.39, 0.29) is 11.3 Å². The molecule has 1 fully saturated rings. The Bertz CT molecular complexity index is 901. The lowest BCUT2D eigenvalue weighted by molar-refractivity contribution is -0.117. The first-order chi connectivity index (χ1) is 12.5. The highest BCUT2D eigenvalue weighted by Gasteiger charge is 2.67. The number of halogens is 6. The Kier molecular flexibility index (Phi) is 5.86. The first-order valence-corrected chi connectivity index (χ1v) is 9.41. The average molecular weight is 474 g/mol. The molecule has 0 radical (unpaired) electrons. The first-order valence-electron chi connectivity index (χ1n) is 7.52. The van der Waals surface area contributed by atoms with Crippen molar-refractivity contribution in [3.63, 3.8) is 0 Å². The van der Waals surface area contributed by atoms with E-state index in [1.165, 1.54) is 6.07 Å². The number of hydrogen-bond donors (Lipinski definition) is 3. The Morgan fingerprint density at radius 2 is 1.67 bits per heavy atom. The molecule has 3 N–H and O–H groups in total. The van der Waals surface area contributed by atoms with Crippen LogP contribution >= 0.6 is 58.0 Å². The second-order valence-electron chi connectivity index (χ2n) is 6.06. The van der Waals surface area contributed by atoms with Crippen LogP contribution in [0.15, 0.2) is 30.3 Å². The highest BCUT2D eigenvalue weighted by atomic mass is 35.5. The minimum absolute atomic E-state index is 0.0242. The van der Waals surface area contributed by atoms with E-state index in [0.717, 1.165) is 12.1 Å². The maximum Gasteiger partial charge on any atom is 0.231 e. The minimum atomic E-state index is -2.01. The van der Waals surface area contributed by atoms with Crippen LogP contribution in [-0.2, 0) is 4.79 Å². The zero-order chi connectivity index (χ0) is 20.1. The Morgan fingerprint density at radius 1 is 1.07 bits per heavy atom. The number of hydrogen-bond acceptors (Lipinski definition) is 3. The van der Waals surface area contributed by atoms with Gasteiger partial charge in [0, 0.05) is 27.2 Å². The summed E-state index contributed by atoms with van der Waals surface area (Å²) in [5.41, 5.74) is 0.277. The zero-order valence-corrected chi connectivity index (χ0v) is 17.0. The van der Waals surface area contributed by atoms with Crippen molar-refractivity contribution in [2.45, 2.75) is 16.5 Å². The highest BCUT2D eigenvalue weighted by molar-refractivity contribution is 6.53.